The summed E-state index contributed by atoms with van der Waals surface area (Å²) in [6, 6.07) is 7.70. The highest BCUT2D eigenvalue weighted by Gasteiger charge is 2.05. The number of hydrogen-bond donors (Lipinski definition) is 0. The quantitative estimate of drug-likeness (QED) is 0.743. The second-order valence-electron chi connectivity index (χ2n) is 3.14. The van der Waals surface area contributed by atoms with E-state index in [9.17, 15) is 0 Å². The Bertz CT molecular complexity index is 395. The van der Waals surface area contributed by atoms with Crippen molar-refractivity contribution in [3.63, 3.8) is 0 Å². The van der Waals surface area contributed by atoms with Crippen LogP contribution in [-0.4, -0.2) is 10.1 Å². The van der Waals surface area contributed by atoms with E-state index in [4.69, 9.17) is 4.52 Å². The van der Waals surface area contributed by atoms with Crippen LogP contribution in [0.5, 0.6) is 0 Å². The standard InChI is InChI=1S/C11H12N2O/c1-2-5-9-8-11(13-14-9)10-6-3-4-7-12-10/h3-4,6-8H,2,5H2,1H3. The zero-order chi connectivity index (χ0) is 9.80. The fraction of sp³-hybridized carbons (Fsp3) is 0.273. The molecule has 0 radical (unpaired) electrons. The summed E-state index contributed by atoms with van der Waals surface area (Å²) in [7, 11) is 0. The summed E-state index contributed by atoms with van der Waals surface area (Å²) in [4.78, 5) is 4.20. The fourth-order valence-corrected chi connectivity index (χ4v) is 1.31. The first-order valence-corrected chi connectivity index (χ1v) is 4.77. The number of aryl methyl sites for hydroxylation is 1. The number of aromatic nitrogens is 2. The van der Waals surface area contributed by atoms with Gasteiger partial charge in [-0.25, -0.2) is 0 Å². The van der Waals surface area contributed by atoms with Gasteiger partial charge in [0.05, 0.1) is 5.69 Å². The summed E-state index contributed by atoms with van der Waals surface area (Å²) in [5.41, 5.74) is 1.67. The molecule has 0 aliphatic rings. The second-order valence-corrected chi connectivity index (χ2v) is 3.14. The first-order chi connectivity index (χ1) is 6.90. The van der Waals surface area contributed by atoms with Crippen LogP contribution in [0.15, 0.2) is 35.0 Å². The molecule has 0 spiro atoms. The van der Waals surface area contributed by atoms with Crippen LogP contribution in [0.2, 0.25) is 0 Å². The minimum atomic E-state index is 0.814. The minimum Gasteiger partial charge on any atom is -0.361 e. The van der Waals surface area contributed by atoms with Gasteiger partial charge in [-0.2, -0.15) is 0 Å². The Kier molecular flexibility index (Phi) is 2.58. The fourth-order valence-electron chi connectivity index (χ4n) is 1.31. The van der Waals surface area contributed by atoms with Crippen molar-refractivity contribution < 1.29 is 4.52 Å². The molecule has 0 N–H and O–H groups in total. The van der Waals surface area contributed by atoms with Crippen LogP contribution in [0.3, 0.4) is 0 Å². The molecule has 14 heavy (non-hydrogen) atoms. The zero-order valence-corrected chi connectivity index (χ0v) is 8.10. The van der Waals surface area contributed by atoms with Gasteiger partial charge in [-0.15, -0.1) is 0 Å². The molecular weight excluding hydrogens is 176 g/mol. The van der Waals surface area contributed by atoms with Crippen molar-refractivity contribution >= 4 is 0 Å². The lowest BCUT2D eigenvalue weighted by atomic mass is 10.2. The monoisotopic (exact) mass is 188 g/mol. The van der Waals surface area contributed by atoms with Gasteiger partial charge in [-0.3, -0.25) is 4.98 Å². The van der Waals surface area contributed by atoms with Gasteiger partial charge < -0.3 is 4.52 Å². The van der Waals surface area contributed by atoms with Crippen molar-refractivity contribution in [1.29, 1.82) is 0 Å². The SMILES string of the molecule is CCCc1cc(-c2ccccn2)no1. The number of rotatable bonds is 3. The van der Waals surface area contributed by atoms with Gasteiger partial charge in [-0.1, -0.05) is 18.1 Å². The largest absolute Gasteiger partial charge is 0.361 e. The molecule has 0 aliphatic carbocycles. The molecule has 0 saturated carbocycles. The second kappa shape index (κ2) is 4.05. The summed E-state index contributed by atoms with van der Waals surface area (Å²) in [5.74, 6) is 0.924. The summed E-state index contributed by atoms with van der Waals surface area (Å²) in [6.45, 7) is 2.11. The molecule has 3 heteroatoms. The Hall–Kier alpha value is -1.64. The maximum atomic E-state index is 5.17. The van der Waals surface area contributed by atoms with Crippen LogP contribution in [-0.2, 0) is 6.42 Å². The van der Waals surface area contributed by atoms with Gasteiger partial charge in [0.15, 0.2) is 0 Å². The highest BCUT2D eigenvalue weighted by Crippen LogP contribution is 2.16. The summed E-state index contributed by atoms with van der Waals surface area (Å²) < 4.78 is 5.17. The highest BCUT2D eigenvalue weighted by atomic mass is 16.5. The van der Waals surface area contributed by atoms with Gasteiger partial charge >= 0.3 is 0 Å². The van der Waals surface area contributed by atoms with Crippen LogP contribution < -0.4 is 0 Å². The predicted molar refractivity (Wildman–Crippen MR) is 53.7 cm³/mol. The maximum Gasteiger partial charge on any atom is 0.137 e. The number of pyridine rings is 1. The van der Waals surface area contributed by atoms with Crippen molar-refractivity contribution in [1.82, 2.24) is 10.1 Å². The van der Waals surface area contributed by atoms with E-state index in [1.54, 1.807) is 6.20 Å². The minimum absolute atomic E-state index is 0.814. The van der Waals surface area contributed by atoms with E-state index in [-0.39, 0.29) is 0 Å². The van der Waals surface area contributed by atoms with Crippen molar-refractivity contribution in [2.75, 3.05) is 0 Å². The summed E-state index contributed by atoms with van der Waals surface area (Å²) in [6.07, 6.45) is 3.75. The molecule has 72 valence electrons. The first kappa shape index (κ1) is 8.94. The number of nitrogens with zero attached hydrogens (tertiary/aromatic N) is 2. The van der Waals surface area contributed by atoms with Crippen LogP contribution in [0, 0.1) is 0 Å². The molecule has 3 nitrogen and oxygen atoms in total. The van der Waals surface area contributed by atoms with Gasteiger partial charge in [0, 0.05) is 18.7 Å². The average molecular weight is 188 g/mol. The maximum absolute atomic E-state index is 5.17. The zero-order valence-electron chi connectivity index (χ0n) is 8.10. The smallest absolute Gasteiger partial charge is 0.137 e. The highest BCUT2D eigenvalue weighted by molar-refractivity contribution is 5.52. The molecule has 0 saturated heterocycles. The van der Waals surface area contributed by atoms with E-state index in [0.29, 0.717) is 0 Å². The molecule has 0 atom stereocenters. The molecular formula is C11H12N2O. The Morgan fingerprint density at radius 2 is 2.21 bits per heavy atom. The summed E-state index contributed by atoms with van der Waals surface area (Å²) in [5, 5.41) is 3.97. The van der Waals surface area contributed by atoms with E-state index < -0.39 is 0 Å². The van der Waals surface area contributed by atoms with Crippen LogP contribution in [0.25, 0.3) is 11.4 Å². The Balaban J connectivity index is 2.25. The topological polar surface area (TPSA) is 38.9 Å². The lowest BCUT2D eigenvalue weighted by Crippen LogP contribution is -1.80. The Labute approximate surface area is 82.8 Å². The van der Waals surface area contributed by atoms with E-state index in [1.165, 1.54) is 0 Å². The van der Waals surface area contributed by atoms with Gasteiger partial charge in [0.1, 0.15) is 11.5 Å². The molecule has 0 unspecified atom stereocenters. The number of hydrogen-bond acceptors (Lipinski definition) is 3. The third kappa shape index (κ3) is 1.82. The van der Waals surface area contributed by atoms with Gasteiger partial charge in [-0.05, 0) is 18.6 Å². The molecule has 0 amide bonds. The van der Waals surface area contributed by atoms with Crippen LogP contribution in [0.1, 0.15) is 19.1 Å². The lowest BCUT2D eigenvalue weighted by molar-refractivity contribution is 0.384. The van der Waals surface area contributed by atoms with Crippen molar-refractivity contribution in [3.05, 3.63) is 36.2 Å². The normalized spacial score (nSPS) is 10.4. The molecule has 0 fully saturated rings. The third-order valence-corrected chi connectivity index (χ3v) is 1.98. The molecule has 0 bridgehead atoms. The van der Waals surface area contributed by atoms with Gasteiger partial charge in [0.25, 0.3) is 0 Å². The Morgan fingerprint density at radius 1 is 1.29 bits per heavy atom. The lowest BCUT2D eigenvalue weighted by Gasteiger charge is -1.90. The van der Waals surface area contributed by atoms with E-state index in [1.807, 2.05) is 24.3 Å². The van der Waals surface area contributed by atoms with E-state index in [2.05, 4.69) is 17.1 Å². The molecule has 2 aromatic rings. The van der Waals surface area contributed by atoms with Crippen molar-refractivity contribution in [2.24, 2.45) is 0 Å². The van der Waals surface area contributed by atoms with Crippen molar-refractivity contribution in [2.45, 2.75) is 19.8 Å². The van der Waals surface area contributed by atoms with Gasteiger partial charge in [0.2, 0.25) is 0 Å². The average Bonchev–Trinajstić information content (AvgIpc) is 2.68. The Morgan fingerprint density at radius 3 is 2.93 bits per heavy atom. The molecule has 2 rings (SSSR count). The molecule has 2 heterocycles. The molecule has 0 aromatic carbocycles. The van der Waals surface area contributed by atoms with Crippen LogP contribution in [0.4, 0.5) is 0 Å². The summed E-state index contributed by atoms with van der Waals surface area (Å²) >= 11 is 0. The first-order valence-electron chi connectivity index (χ1n) is 4.77. The predicted octanol–water partition coefficient (Wildman–Crippen LogP) is 2.69. The van der Waals surface area contributed by atoms with Crippen molar-refractivity contribution in [3.8, 4) is 11.4 Å². The molecule has 2 aromatic heterocycles. The van der Waals surface area contributed by atoms with E-state index >= 15 is 0 Å². The van der Waals surface area contributed by atoms with Crippen LogP contribution >= 0.6 is 0 Å². The molecule has 0 aliphatic heterocycles. The van der Waals surface area contributed by atoms with E-state index in [0.717, 1.165) is 30.0 Å². The third-order valence-electron chi connectivity index (χ3n) is 1.98.